The average Bonchev–Trinajstić information content (AvgIpc) is 3.22. The van der Waals surface area contributed by atoms with Gasteiger partial charge in [-0.25, -0.2) is 4.68 Å². The standard InChI is InChI=1S/C15H18BClN6O3/c1-22-14(15(17)20-21-22)10-7-19-23(9-10)13(5-6-26-2)12-4-3-11(8-18-12)16(24)25/h3-4,7-9,13,24-25H,5-6H2,1-2H3. The number of aryl methyl sites for hydroxylation is 1. The third-order valence-electron chi connectivity index (χ3n) is 4.02. The van der Waals surface area contributed by atoms with Gasteiger partial charge in [-0.05, 0) is 12.5 Å². The second kappa shape index (κ2) is 7.96. The molecule has 2 N–H and O–H groups in total. The third-order valence-corrected chi connectivity index (χ3v) is 4.28. The molecule has 0 radical (unpaired) electrons. The maximum Gasteiger partial charge on any atom is 0.490 e. The van der Waals surface area contributed by atoms with Crippen molar-refractivity contribution in [1.29, 1.82) is 0 Å². The average molecular weight is 377 g/mol. The molecule has 0 aromatic carbocycles. The molecule has 0 aliphatic carbocycles. The summed E-state index contributed by atoms with van der Waals surface area (Å²) in [4.78, 5) is 4.34. The summed E-state index contributed by atoms with van der Waals surface area (Å²) >= 11 is 6.10. The van der Waals surface area contributed by atoms with Gasteiger partial charge in [-0.2, -0.15) is 5.10 Å². The molecule has 26 heavy (non-hydrogen) atoms. The van der Waals surface area contributed by atoms with Crippen molar-refractivity contribution in [3.63, 3.8) is 0 Å². The van der Waals surface area contributed by atoms with Gasteiger partial charge in [0.1, 0.15) is 5.69 Å². The van der Waals surface area contributed by atoms with Crippen LogP contribution in [0.3, 0.4) is 0 Å². The molecule has 0 saturated carbocycles. The van der Waals surface area contributed by atoms with E-state index >= 15 is 0 Å². The third kappa shape index (κ3) is 3.78. The van der Waals surface area contributed by atoms with Crippen LogP contribution in [0.25, 0.3) is 11.3 Å². The number of hydrogen-bond donors (Lipinski definition) is 2. The molecule has 0 fully saturated rings. The van der Waals surface area contributed by atoms with Crippen molar-refractivity contribution in [3.05, 3.63) is 41.6 Å². The van der Waals surface area contributed by atoms with Crippen LogP contribution in [0.4, 0.5) is 0 Å². The van der Waals surface area contributed by atoms with Crippen LogP contribution in [0, 0.1) is 0 Å². The van der Waals surface area contributed by atoms with E-state index in [9.17, 15) is 10.0 Å². The number of nitrogens with zero attached hydrogens (tertiary/aromatic N) is 6. The van der Waals surface area contributed by atoms with Gasteiger partial charge in [0.25, 0.3) is 0 Å². The Bertz CT molecular complexity index is 847. The Balaban J connectivity index is 1.93. The highest BCUT2D eigenvalue weighted by Crippen LogP contribution is 2.27. The van der Waals surface area contributed by atoms with Crippen molar-refractivity contribution in [2.24, 2.45) is 7.05 Å². The lowest BCUT2D eigenvalue weighted by Gasteiger charge is -2.17. The van der Waals surface area contributed by atoms with E-state index in [-0.39, 0.29) is 6.04 Å². The molecule has 0 saturated heterocycles. The van der Waals surface area contributed by atoms with Gasteiger partial charge in [-0.15, -0.1) is 5.10 Å². The van der Waals surface area contributed by atoms with Gasteiger partial charge >= 0.3 is 7.12 Å². The van der Waals surface area contributed by atoms with E-state index < -0.39 is 7.12 Å². The number of halogens is 1. The summed E-state index contributed by atoms with van der Waals surface area (Å²) in [6.45, 7) is 0.514. The van der Waals surface area contributed by atoms with Crippen molar-refractivity contribution in [2.45, 2.75) is 12.5 Å². The van der Waals surface area contributed by atoms with Crippen LogP contribution in [-0.2, 0) is 11.8 Å². The summed E-state index contributed by atoms with van der Waals surface area (Å²) in [7, 11) is 1.84. The Morgan fingerprint density at radius 1 is 1.31 bits per heavy atom. The quantitative estimate of drug-likeness (QED) is 0.560. The molecule has 11 heteroatoms. The van der Waals surface area contributed by atoms with E-state index in [1.807, 2.05) is 6.20 Å². The highest BCUT2D eigenvalue weighted by molar-refractivity contribution is 6.58. The van der Waals surface area contributed by atoms with Gasteiger partial charge in [0.2, 0.25) is 0 Å². The Morgan fingerprint density at radius 2 is 2.12 bits per heavy atom. The number of rotatable bonds is 7. The van der Waals surface area contributed by atoms with Gasteiger partial charge in [-0.3, -0.25) is 9.67 Å². The summed E-state index contributed by atoms with van der Waals surface area (Å²) in [6, 6.07) is 3.18. The zero-order valence-electron chi connectivity index (χ0n) is 14.3. The highest BCUT2D eigenvalue weighted by Gasteiger charge is 2.20. The van der Waals surface area contributed by atoms with Crippen LogP contribution >= 0.6 is 11.6 Å². The summed E-state index contributed by atoms with van der Waals surface area (Å²) < 4.78 is 8.56. The van der Waals surface area contributed by atoms with Crippen molar-refractivity contribution in [1.82, 2.24) is 29.8 Å². The first-order chi connectivity index (χ1) is 12.5. The van der Waals surface area contributed by atoms with Crippen LogP contribution in [0.2, 0.25) is 5.15 Å². The molecular formula is C15H18BClN6O3. The summed E-state index contributed by atoms with van der Waals surface area (Å²) in [5.74, 6) is 0. The Kier molecular flexibility index (Phi) is 5.67. The van der Waals surface area contributed by atoms with Crippen LogP contribution < -0.4 is 5.46 Å². The predicted octanol–water partition coefficient (Wildman–Crippen LogP) is 0.0327. The Hall–Kier alpha value is -2.27. The normalized spacial score (nSPS) is 12.3. The highest BCUT2D eigenvalue weighted by atomic mass is 35.5. The van der Waals surface area contributed by atoms with E-state index in [4.69, 9.17) is 16.3 Å². The van der Waals surface area contributed by atoms with Crippen molar-refractivity contribution in [3.8, 4) is 11.3 Å². The number of pyridine rings is 1. The minimum absolute atomic E-state index is 0.187. The fraction of sp³-hybridized carbons (Fsp3) is 0.333. The maximum absolute atomic E-state index is 9.22. The second-order valence-electron chi connectivity index (χ2n) is 5.75. The Labute approximate surface area is 155 Å². The number of aromatic nitrogens is 6. The lowest BCUT2D eigenvalue weighted by atomic mass is 9.81. The fourth-order valence-corrected chi connectivity index (χ4v) is 2.95. The van der Waals surface area contributed by atoms with Crippen molar-refractivity contribution in [2.75, 3.05) is 13.7 Å². The van der Waals surface area contributed by atoms with Crippen molar-refractivity contribution >= 4 is 24.2 Å². The lowest BCUT2D eigenvalue weighted by molar-refractivity contribution is 0.181. The fourth-order valence-electron chi connectivity index (χ4n) is 2.68. The van der Waals surface area contributed by atoms with Gasteiger partial charge in [0.15, 0.2) is 5.15 Å². The van der Waals surface area contributed by atoms with Gasteiger partial charge < -0.3 is 14.8 Å². The molecule has 0 spiro atoms. The second-order valence-corrected chi connectivity index (χ2v) is 6.11. The minimum atomic E-state index is -1.55. The molecule has 9 nitrogen and oxygen atoms in total. The molecule has 136 valence electrons. The molecular weight excluding hydrogens is 358 g/mol. The lowest BCUT2D eigenvalue weighted by Crippen LogP contribution is -2.30. The molecule has 3 aromatic rings. The molecule has 3 aromatic heterocycles. The van der Waals surface area contributed by atoms with Crippen LogP contribution in [0.15, 0.2) is 30.7 Å². The van der Waals surface area contributed by atoms with E-state index in [1.54, 1.807) is 41.9 Å². The SMILES string of the molecule is COCCC(c1ccc(B(O)O)cn1)n1cc(-c2c(Cl)nnn2C)cn1. The van der Waals surface area contributed by atoms with E-state index in [2.05, 4.69) is 20.4 Å². The minimum Gasteiger partial charge on any atom is -0.423 e. The van der Waals surface area contributed by atoms with Crippen LogP contribution in [0.1, 0.15) is 18.2 Å². The summed E-state index contributed by atoms with van der Waals surface area (Å²) in [5.41, 5.74) is 2.52. The van der Waals surface area contributed by atoms with E-state index in [0.29, 0.717) is 29.3 Å². The zero-order valence-corrected chi connectivity index (χ0v) is 15.1. The molecule has 0 aliphatic rings. The molecule has 1 unspecified atom stereocenters. The first kappa shape index (κ1) is 18.5. The van der Waals surface area contributed by atoms with E-state index in [0.717, 1.165) is 11.3 Å². The summed E-state index contributed by atoms with van der Waals surface area (Å²) in [5, 5.41) is 30.9. The number of hydrogen-bond acceptors (Lipinski definition) is 7. The van der Waals surface area contributed by atoms with Gasteiger partial charge in [0.05, 0.1) is 17.9 Å². The smallest absolute Gasteiger partial charge is 0.423 e. The largest absolute Gasteiger partial charge is 0.490 e. The van der Waals surface area contributed by atoms with E-state index in [1.165, 1.54) is 6.20 Å². The number of ether oxygens (including phenoxy) is 1. The zero-order chi connectivity index (χ0) is 18.7. The monoisotopic (exact) mass is 376 g/mol. The van der Waals surface area contributed by atoms with Crippen LogP contribution in [0.5, 0.6) is 0 Å². The van der Waals surface area contributed by atoms with Crippen molar-refractivity contribution < 1.29 is 14.8 Å². The Morgan fingerprint density at radius 3 is 2.69 bits per heavy atom. The first-order valence-corrected chi connectivity index (χ1v) is 8.29. The number of methoxy groups -OCH3 is 1. The maximum atomic E-state index is 9.22. The molecule has 0 aliphatic heterocycles. The molecule has 3 rings (SSSR count). The van der Waals surface area contributed by atoms with Gasteiger partial charge in [-0.1, -0.05) is 22.9 Å². The first-order valence-electron chi connectivity index (χ1n) is 7.92. The summed E-state index contributed by atoms with van der Waals surface area (Å²) in [6.07, 6.45) is 5.62. The topological polar surface area (TPSA) is 111 Å². The molecule has 3 heterocycles. The van der Waals surface area contributed by atoms with Gasteiger partial charge in [0, 0.05) is 44.2 Å². The van der Waals surface area contributed by atoms with Crippen LogP contribution in [-0.4, -0.2) is 60.6 Å². The molecule has 1 atom stereocenters. The molecule has 0 amide bonds. The molecule has 0 bridgehead atoms. The predicted molar refractivity (Wildman–Crippen MR) is 95.9 cm³/mol.